The van der Waals surface area contributed by atoms with E-state index >= 15 is 0 Å². The highest BCUT2D eigenvalue weighted by Gasteiger charge is 2.17. The van der Waals surface area contributed by atoms with E-state index in [1.807, 2.05) is 47.0 Å². The van der Waals surface area contributed by atoms with Gasteiger partial charge in [0, 0.05) is 48.7 Å². The normalized spacial score (nSPS) is 11.6. The van der Waals surface area contributed by atoms with Crippen LogP contribution in [0, 0.1) is 0 Å². The van der Waals surface area contributed by atoms with Crippen molar-refractivity contribution in [2.24, 2.45) is 0 Å². The molecule has 0 aliphatic rings. The highest BCUT2D eigenvalue weighted by molar-refractivity contribution is 5.86. The fourth-order valence-electron chi connectivity index (χ4n) is 3.98. The van der Waals surface area contributed by atoms with Gasteiger partial charge in [0.05, 0.1) is 7.11 Å². The molecular weight excluding hydrogens is 414 g/mol. The average molecular weight is 446 g/mol. The van der Waals surface area contributed by atoms with Crippen molar-refractivity contribution in [3.63, 3.8) is 0 Å². The van der Waals surface area contributed by atoms with Crippen molar-refractivity contribution < 1.29 is 4.74 Å². The van der Waals surface area contributed by atoms with Crippen molar-refractivity contribution in [3.05, 3.63) is 55.0 Å². The number of nitrogens with one attached hydrogen (secondary N) is 1. The van der Waals surface area contributed by atoms with E-state index in [0.717, 1.165) is 35.5 Å². The Morgan fingerprint density at radius 3 is 2.36 bits per heavy atom. The van der Waals surface area contributed by atoms with E-state index in [1.54, 1.807) is 19.6 Å². The third kappa shape index (κ3) is 4.96. The van der Waals surface area contributed by atoms with E-state index in [4.69, 9.17) is 14.7 Å². The molecule has 0 spiro atoms. The molecule has 0 amide bonds. The second-order valence-electron chi connectivity index (χ2n) is 8.46. The van der Waals surface area contributed by atoms with Crippen LogP contribution < -0.4 is 10.1 Å². The van der Waals surface area contributed by atoms with Gasteiger partial charge < -0.3 is 10.1 Å². The molecule has 33 heavy (non-hydrogen) atoms. The number of hydrogen-bond donors (Lipinski definition) is 1. The SMILES string of the molecule is COc1ccc(-c2nc(NCCN(C(C)C)C(C)C)c3ncn(-c4ccccc4)c3n2)cn1. The minimum absolute atomic E-state index is 0.468. The number of aromatic nitrogens is 5. The van der Waals surface area contributed by atoms with Crippen LogP contribution in [0.4, 0.5) is 5.82 Å². The van der Waals surface area contributed by atoms with Gasteiger partial charge in [-0.05, 0) is 45.9 Å². The molecule has 4 aromatic rings. The van der Waals surface area contributed by atoms with E-state index in [2.05, 4.69) is 47.9 Å². The van der Waals surface area contributed by atoms with Gasteiger partial charge in [0.15, 0.2) is 22.8 Å². The predicted octanol–water partition coefficient (Wildman–Crippen LogP) is 4.42. The van der Waals surface area contributed by atoms with Gasteiger partial charge in [-0.2, -0.15) is 0 Å². The first-order valence-electron chi connectivity index (χ1n) is 11.3. The van der Waals surface area contributed by atoms with Gasteiger partial charge in [-0.25, -0.2) is 19.9 Å². The van der Waals surface area contributed by atoms with Crippen LogP contribution in [0.15, 0.2) is 55.0 Å². The molecule has 0 bridgehead atoms. The summed E-state index contributed by atoms with van der Waals surface area (Å²) in [6.45, 7) is 10.5. The summed E-state index contributed by atoms with van der Waals surface area (Å²) in [5.74, 6) is 1.85. The first-order chi connectivity index (χ1) is 16.0. The molecule has 0 aliphatic heterocycles. The second-order valence-corrected chi connectivity index (χ2v) is 8.46. The Morgan fingerprint density at radius 1 is 0.970 bits per heavy atom. The molecule has 0 saturated heterocycles. The minimum Gasteiger partial charge on any atom is -0.481 e. The fourth-order valence-corrected chi connectivity index (χ4v) is 3.98. The van der Waals surface area contributed by atoms with E-state index in [-0.39, 0.29) is 0 Å². The van der Waals surface area contributed by atoms with Gasteiger partial charge in [0.1, 0.15) is 6.33 Å². The molecule has 0 fully saturated rings. The van der Waals surface area contributed by atoms with Crippen LogP contribution >= 0.6 is 0 Å². The molecule has 8 nitrogen and oxygen atoms in total. The highest BCUT2D eigenvalue weighted by Crippen LogP contribution is 2.26. The van der Waals surface area contributed by atoms with Gasteiger partial charge in [-0.15, -0.1) is 0 Å². The number of ether oxygens (including phenoxy) is 1. The number of pyridine rings is 1. The van der Waals surface area contributed by atoms with Crippen LogP contribution in [0.25, 0.3) is 28.2 Å². The van der Waals surface area contributed by atoms with Crippen LogP contribution in [0.3, 0.4) is 0 Å². The lowest BCUT2D eigenvalue weighted by Crippen LogP contribution is -2.40. The zero-order valence-corrected chi connectivity index (χ0v) is 19.9. The standard InChI is InChI=1S/C25H31N7O/c1-17(2)31(18(3)4)14-13-26-24-22-25(32(16-28-22)20-9-7-6-8-10-20)30-23(29-24)19-11-12-21(33-5)27-15-19/h6-12,15-18H,13-14H2,1-5H3,(H,26,29,30). The van der Waals surface area contributed by atoms with Crippen molar-refractivity contribution in [3.8, 4) is 23.0 Å². The molecule has 0 radical (unpaired) electrons. The van der Waals surface area contributed by atoms with Gasteiger partial charge >= 0.3 is 0 Å². The Hall–Kier alpha value is -3.52. The summed E-state index contributed by atoms with van der Waals surface area (Å²) in [7, 11) is 1.60. The monoisotopic (exact) mass is 445 g/mol. The molecule has 172 valence electrons. The Morgan fingerprint density at radius 2 is 1.73 bits per heavy atom. The van der Waals surface area contributed by atoms with Gasteiger partial charge in [0.25, 0.3) is 0 Å². The van der Waals surface area contributed by atoms with Gasteiger partial charge in [-0.3, -0.25) is 9.47 Å². The maximum absolute atomic E-state index is 5.19. The van der Waals surface area contributed by atoms with Crippen molar-refractivity contribution >= 4 is 17.0 Å². The average Bonchev–Trinajstić information content (AvgIpc) is 3.26. The Kier molecular flexibility index (Phi) is 6.84. The lowest BCUT2D eigenvalue weighted by molar-refractivity contribution is 0.182. The summed E-state index contributed by atoms with van der Waals surface area (Å²) < 4.78 is 7.18. The summed E-state index contributed by atoms with van der Waals surface area (Å²) in [6, 6.07) is 14.7. The second kappa shape index (κ2) is 9.95. The number of nitrogens with zero attached hydrogens (tertiary/aromatic N) is 6. The molecule has 0 aliphatic carbocycles. The quantitative estimate of drug-likeness (QED) is 0.408. The van der Waals surface area contributed by atoms with Crippen molar-refractivity contribution in [2.45, 2.75) is 39.8 Å². The summed E-state index contributed by atoms with van der Waals surface area (Å²) in [4.78, 5) is 21.1. The molecule has 3 aromatic heterocycles. The molecule has 0 unspecified atom stereocenters. The van der Waals surface area contributed by atoms with Crippen LogP contribution in [0.2, 0.25) is 0 Å². The van der Waals surface area contributed by atoms with Gasteiger partial charge in [-0.1, -0.05) is 18.2 Å². The molecule has 0 atom stereocenters. The van der Waals surface area contributed by atoms with E-state index < -0.39 is 0 Å². The van der Waals surface area contributed by atoms with Crippen LogP contribution in [0.5, 0.6) is 5.88 Å². The van der Waals surface area contributed by atoms with E-state index in [0.29, 0.717) is 29.6 Å². The zero-order valence-electron chi connectivity index (χ0n) is 19.9. The Labute approximate surface area is 194 Å². The largest absolute Gasteiger partial charge is 0.481 e. The molecule has 8 heteroatoms. The first kappa shape index (κ1) is 22.7. The highest BCUT2D eigenvalue weighted by atomic mass is 16.5. The molecule has 0 saturated carbocycles. The Bertz CT molecular complexity index is 1180. The maximum atomic E-state index is 5.19. The topological polar surface area (TPSA) is 81.0 Å². The molecule has 1 aromatic carbocycles. The maximum Gasteiger partial charge on any atom is 0.212 e. The van der Waals surface area contributed by atoms with E-state index in [1.165, 1.54) is 0 Å². The molecular formula is C25H31N7O. The predicted molar refractivity (Wildman–Crippen MR) is 132 cm³/mol. The van der Waals surface area contributed by atoms with Crippen LogP contribution in [-0.2, 0) is 0 Å². The summed E-state index contributed by atoms with van der Waals surface area (Å²) >= 11 is 0. The van der Waals surface area contributed by atoms with Crippen molar-refractivity contribution in [2.75, 3.05) is 25.5 Å². The number of benzene rings is 1. The number of rotatable bonds is 9. The molecule has 1 N–H and O–H groups in total. The molecule has 4 rings (SSSR count). The van der Waals surface area contributed by atoms with Gasteiger partial charge in [0.2, 0.25) is 5.88 Å². The Balaban J connectivity index is 1.73. The van der Waals surface area contributed by atoms with Crippen LogP contribution in [0.1, 0.15) is 27.7 Å². The third-order valence-electron chi connectivity index (χ3n) is 5.62. The van der Waals surface area contributed by atoms with Crippen LogP contribution in [-0.4, -0.2) is 61.7 Å². The lowest BCUT2D eigenvalue weighted by Gasteiger charge is -2.30. The number of anilines is 1. The zero-order chi connectivity index (χ0) is 23.4. The van der Waals surface area contributed by atoms with Crippen molar-refractivity contribution in [1.82, 2.24) is 29.4 Å². The molecule has 3 heterocycles. The van der Waals surface area contributed by atoms with E-state index in [9.17, 15) is 0 Å². The number of hydrogen-bond acceptors (Lipinski definition) is 7. The summed E-state index contributed by atoms with van der Waals surface area (Å²) in [5.41, 5.74) is 3.29. The number of methoxy groups -OCH3 is 1. The first-order valence-corrected chi connectivity index (χ1v) is 11.3. The summed E-state index contributed by atoms with van der Waals surface area (Å²) in [5, 5.41) is 3.51. The number of fused-ring (bicyclic) bond motifs is 1. The fraction of sp³-hybridized carbons (Fsp3) is 0.360. The lowest BCUT2D eigenvalue weighted by atomic mass is 10.2. The van der Waals surface area contributed by atoms with Crippen molar-refractivity contribution in [1.29, 1.82) is 0 Å². The third-order valence-corrected chi connectivity index (χ3v) is 5.62. The summed E-state index contributed by atoms with van der Waals surface area (Å²) in [6.07, 6.45) is 3.52. The number of para-hydroxylation sites is 1. The minimum atomic E-state index is 0.468. The number of imidazole rings is 1. The smallest absolute Gasteiger partial charge is 0.212 e.